The van der Waals surface area contributed by atoms with Gasteiger partial charge < -0.3 is 10.1 Å². The molecule has 2 atom stereocenters. The minimum atomic E-state index is 0.522. The van der Waals surface area contributed by atoms with Crippen LogP contribution in [0.3, 0.4) is 0 Å². The fourth-order valence-electron chi connectivity index (χ4n) is 2.96. The van der Waals surface area contributed by atoms with Crippen LogP contribution in [-0.2, 0) is 4.74 Å². The SMILES string of the molecule is C1CCC(CN2CCC(NC3CC3)C2)OC1. The molecule has 2 aliphatic heterocycles. The van der Waals surface area contributed by atoms with Crippen LogP contribution in [0.1, 0.15) is 38.5 Å². The highest BCUT2D eigenvalue weighted by Gasteiger charge is 2.30. The average molecular weight is 224 g/mol. The van der Waals surface area contributed by atoms with E-state index < -0.39 is 0 Å². The van der Waals surface area contributed by atoms with Crippen LogP contribution < -0.4 is 5.32 Å². The van der Waals surface area contributed by atoms with Gasteiger partial charge in [-0.25, -0.2) is 0 Å². The van der Waals surface area contributed by atoms with E-state index in [1.807, 2.05) is 0 Å². The first-order chi connectivity index (χ1) is 7.90. The first-order valence-corrected chi connectivity index (χ1v) is 7.00. The van der Waals surface area contributed by atoms with Crippen LogP contribution in [0.5, 0.6) is 0 Å². The zero-order valence-corrected chi connectivity index (χ0v) is 10.2. The average Bonchev–Trinajstić information content (AvgIpc) is 3.01. The Kier molecular flexibility index (Phi) is 3.46. The number of likely N-dealkylation sites (tertiary alicyclic amines) is 1. The summed E-state index contributed by atoms with van der Waals surface area (Å²) in [4.78, 5) is 2.59. The molecule has 3 heteroatoms. The van der Waals surface area contributed by atoms with Crippen molar-refractivity contribution >= 4 is 0 Å². The summed E-state index contributed by atoms with van der Waals surface area (Å²) >= 11 is 0. The van der Waals surface area contributed by atoms with Gasteiger partial charge in [-0.2, -0.15) is 0 Å². The van der Waals surface area contributed by atoms with Gasteiger partial charge in [-0.05, 0) is 45.1 Å². The molecule has 0 spiro atoms. The van der Waals surface area contributed by atoms with Crippen molar-refractivity contribution in [2.45, 2.75) is 56.7 Å². The number of nitrogens with one attached hydrogen (secondary N) is 1. The predicted molar refractivity (Wildman–Crippen MR) is 64.6 cm³/mol. The van der Waals surface area contributed by atoms with Gasteiger partial charge in [-0.3, -0.25) is 4.90 Å². The van der Waals surface area contributed by atoms with Crippen LogP contribution in [0.25, 0.3) is 0 Å². The number of hydrogen-bond donors (Lipinski definition) is 1. The van der Waals surface area contributed by atoms with Crippen LogP contribution in [0.2, 0.25) is 0 Å². The highest BCUT2D eigenvalue weighted by Crippen LogP contribution is 2.22. The summed E-state index contributed by atoms with van der Waals surface area (Å²) in [5.41, 5.74) is 0. The molecule has 0 radical (unpaired) electrons. The van der Waals surface area contributed by atoms with Crippen molar-refractivity contribution in [1.82, 2.24) is 10.2 Å². The maximum absolute atomic E-state index is 5.81. The fraction of sp³-hybridized carbons (Fsp3) is 1.00. The smallest absolute Gasteiger partial charge is 0.0702 e. The van der Waals surface area contributed by atoms with Crippen molar-refractivity contribution < 1.29 is 4.74 Å². The Morgan fingerprint density at radius 3 is 2.75 bits per heavy atom. The first kappa shape index (κ1) is 11.0. The largest absolute Gasteiger partial charge is 0.377 e. The quantitative estimate of drug-likeness (QED) is 0.781. The molecule has 0 aromatic rings. The van der Waals surface area contributed by atoms with Gasteiger partial charge in [-0.15, -0.1) is 0 Å². The van der Waals surface area contributed by atoms with E-state index in [0.717, 1.165) is 18.7 Å². The number of nitrogens with zero attached hydrogens (tertiary/aromatic N) is 1. The zero-order valence-electron chi connectivity index (χ0n) is 10.2. The summed E-state index contributed by atoms with van der Waals surface area (Å²) in [5.74, 6) is 0. The Morgan fingerprint density at radius 2 is 2.00 bits per heavy atom. The van der Waals surface area contributed by atoms with Gasteiger partial charge in [0.1, 0.15) is 0 Å². The summed E-state index contributed by atoms with van der Waals surface area (Å²) in [6.07, 6.45) is 8.57. The van der Waals surface area contributed by atoms with Crippen LogP contribution in [-0.4, -0.2) is 49.3 Å². The highest BCUT2D eigenvalue weighted by atomic mass is 16.5. The zero-order chi connectivity index (χ0) is 10.8. The van der Waals surface area contributed by atoms with Gasteiger partial charge in [0.05, 0.1) is 6.10 Å². The summed E-state index contributed by atoms with van der Waals surface area (Å²) in [6, 6.07) is 1.62. The molecule has 3 aliphatic rings. The van der Waals surface area contributed by atoms with Crippen LogP contribution in [0, 0.1) is 0 Å². The van der Waals surface area contributed by atoms with E-state index >= 15 is 0 Å². The van der Waals surface area contributed by atoms with Crippen LogP contribution in [0.15, 0.2) is 0 Å². The Hall–Kier alpha value is -0.120. The maximum Gasteiger partial charge on any atom is 0.0702 e. The molecule has 0 aromatic heterocycles. The van der Waals surface area contributed by atoms with E-state index in [1.54, 1.807) is 0 Å². The second-order valence-corrected chi connectivity index (χ2v) is 5.67. The lowest BCUT2D eigenvalue weighted by atomic mass is 10.1. The second-order valence-electron chi connectivity index (χ2n) is 5.67. The standard InChI is InChI=1S/C13H24N2O/c1-2-8-16-13(3-1)10-15-7-6-12(9-15)14-11-4-5-11/h11-14H,1-10H2. The van der Waals surface area contributed by atoms with E-state index in [2.05, 4.69) is 10.2 Å². The van der Waals surface area contributed by atoms with Gasteiger partial charge >= 0.3 is 0 Å². The molecule has 3 nitrogen and oxygen atoms in total. The number of ether oxygens (including phenoxy) is 1. The van der Waals surface area contributed by atoms with Gasteiger partial charge in [-0.1, -0.05) is 0 Å². The van der Waals surface area contributed by atoms with Gasteiger partial charge in [0.15, 0.2) is 0 Å². The second kappa shape index (κ2) is 5.03. The van der Waals surface area contributed by atoms with Crippen molar-refractivity contribution in [3.8, 4) is 0 Å². The summed E-state index contributed by atoms with van der Waals surface area (Å²) in [6.45, 7) is 4.67. The molecule has 1 saturated carbocycles. The summed E-state index contributed by atoms with van der Waals surface area (Å²) in [7, 11) is 0. The van der Waals surface area contributed by atoms with Gasteiger partial charge in [0, 0.05) is 31.8 Å². The Bertz CT molecular complexity index is 224. The van der Waals surface area contributed by atoms with E-state index in [9.17, 15) is 0 Å². The lowest BCUT2D eigenvalue weighted by Gasteiger charge is -2.27. The van der Waals surface area contributed by atoms with E-state index in [-0.39, 0.29) is 0 Å². The molecule has 16 heavy (non-hydrogen) atoms. The van der Waals surface area contributed by atoms with Crippen molar-refractivity contribution in [3.05, 3.63) is 0 Å². The van der Waals surface area contributed by atoms with Crippen molar-refractivity contribution in [2.24, 2.45) is 0 Å². The lowest BCUT2D eigenvalue weighted by molar-refractivity contribution is -0.00212. The molecule has 1 N–H and O–H groups in total. The predicted octanol–water partition coefficient (Wildman–Crippen LogP) is 1.38. The number of hydrogen-bond acceptors (Lipinski definition) is 3. The Morgan fingerprint density at radius 1 is 1.06 bits per heavy atom. The molecule has 0 amide bonds. The van der Waals surface area contributed by atoms with Gasteiger partial charge in [0.2, 0.25) is 0 Å². The monoisotopic (exact) mass is 224 g/mol. The van der Waals surface area contributed by atoms with E-state index in [4.69, 9.17) is 4.74 Å². The molecule has 0 aromatic carbocycles. The lowest BCUT2D eigenvalue weighted by Crippen LogP contribution is -2.38. The van der Waals surface area contributed by atoms with Crippen LogP contribution >= 0.6 is 0 Å². The number of rotatable bonds is 4. The Balaban J connectivity index is 1.38. The maximum atomic E-state index is 5.81. The third-order valence-corrected chi connectivity index (χ3v) is 4.06. The summed E-state index contributed by atoms with van der Waals surface area (Å²) < 4.78 is 5.81. The summed E-state index contributed by atoms with van der Waals surface area (Å²) in [5, 5.41) is 3.74. The molecule has 2 saturated heterocycles. The minimum absolute atomic E-state index is 0.522. The highest BCUT2D eigenvalue weighted by molar-refractivity contribution is 4.90. The minimum Gasteiger partial charge on any atom is -0.377 e. The van der Waals surface area contributed by atoms with Crippen molar-refractivity contribution in [2.75, 3.05) is 26.2 Å². The first-order valence-electron chi connectivity index (χ1n) is 7.00. The van der Waals surface area contributed by atoms with Crippen LogP contribution in [0.4, 0.5) is 0 Å². The third-order valence-electron chi connectivity index (χ3n) is 4.06. The van der Waals surface area contributed by atoms with Crippen molar-refractivity contribution in [1.29, 1.82) is 0 Å². The van der Waals surface area contributed by atoms with E-state index in [1.165, 1.54) is 58.2 Å². The van der Waals surface area contributed by atoms with Gasteiger partial charge in [0.25, 0.3) is 0 Å². The third kappa shape index (κ3) is 2.96. The van der Waals surface area contributed by atoms with Crippen molar-refractivity contribution in [3.63, 3.8) is 0 Å². The molecular weight excluding hydrogens is 200 g/mol. The fourth-order valence-corrected chi connectivity index (χ4v) is 2.96. The molecule has 1 aliphatic carbocycles. The molecule has 2 unspecified atom stereocenters. The molecule has 0 bridgehead atoms. The molecule has 92 valence electrons. The van der Waals surface area contributed by atoms with E-state index in [0.29, 0.717) is 6.10 Å². The molecular formula is C13H24N2O. The molecule has 3 fully saturated rings. The molecule has 3 rings (SSSR count). The Labute approximate surface area is 98.5 Å². The normalized spacial score (nSPS) is 36.8. The molecule has 2 heterocycles. The topological polar surface area (TPSA) is 24.5 Å².